The Balaban J connectivity index is 2.03. The quantitative estimate of drug-likeness (QED) is 0.634. The second-order valence-electron chi connectivity index (χ2n) is 4.06. The molecule has 74 valence electrons. The number of carbonyl (C=O) groups excluding carboxylic acids is 2. The lowest BCUT2D eigenvalue weighted by molar-refractivity contribution is -0.116. The van der Waals surface area contributed by atoms with Crippen LogP contribution in [0, 0.1) is 11.8 Å². The minimum absolute atomic E-state index is 0.233. The van der Waals surface area contributed by atoms with Crippen LogP contribution < -0.4 is 0 Å². The molecule has 0 heterocycles. The van der Waals surface area contributed by atoms with Gasteiger partial charge in [-0.15, -0.1) is 0 Å². The van der Waals surface area contributed by atoms with E-state index in [1.807, 2.05) is 12.2 Å². The maximum absolute atomic E-state index is 11.0. The first-order valence-corrected chi connectivity index (χ1v) is 5.18. The van der Waals surface area contributed by atoms with Crippen LogP contribution in [-0.4, -0.2) is 11.6 Å². The summed E-state index contributed by atoms with van der Waals surface area (Å²) < 4.78 is 0. The highest BCUT2D eigenvalue weighted by atomic mass is 16.1. The predicted octanol–water partition coefficient (Wildman–Crippen LogP) is 2.06. The molecule has 0 radical (unpaired) electrons. The summed E-state index contributed by atoms with van der Waals surface area (Å²) in [6, 6.07) is 0. The van der Waals surface area contributed by atoms with E-state index in [2.05, 4.69) is 0 Å². The Labute approximate surface area is 83.7 Å². The average molecular weight is 190 g/mol. The van der Waals surface area contributed by atoms with Crippen LogP contribution in [0.3, 0.4) is 0 Å². The molecule has 0 amide bonds. The Morgan fingerprint density at radius 3 is 1.57 bits per heavy atom. The molecule has 0 fully saturated rings. The molecule has 0 saturated heterocycles. The maximum Gasteiger partial charge on any atom is 0.155 e. The molecule has 2 aliphatic rings. The predicted molar refractivity (Wildman–Crippen MR) is 53.7 cm³/mol. The van der Waals surface area contributed by atoms with Crippen LogP contribution in [0.1, 0.15) is 25.7 Å². The van der Waals surface area contributed by atoms with E-state index in [9.17, 15) is 9.59 Å². The summed E-state index contributed by atoms with van der Waals surface area (Å²) in [5, 5.41) is 0. The van der Waals surface area contributed by atoms with Crippen LogP contribution in [0.2, 0.25) is 0 Å². The van der Waals surface area contributed by atoms with Gasteiger partial charge in [-0.2, -0.15) is 0 Å². The summed E-state index contributed by atoms with van der Waals surface area (Å²) in [4.78, 5) is 22.0. The summed E-state index contributed by atoms with van der Waals surface area (Å²) in [5.74, 6) is 1.41. The minimum Gasteiger partial charge on any atom is -0.295 e. The third-order valence-electron chi connectivity index (χ3n) is 3.06. The lowest BCUT2D eigenvalue weighted by Crippen LogP contribution is -2.19. The van der Waals surface area contributed by atoms with Gasteiger partial charge in [0, 0.05) is 12.8 Å². The van der Waals surface area contributed by atoms with Gasteiger partial charge < -0.3 is 0 Å². The van der Waals surface area contributed by atoms with Gasteiger partial charge in [-0.3, -0.25) is 9.59 Å². The standard InChI is InChI=1S/C12H14O2/c13-11-5-1-9(2-6-11)10-3-7-12(14)8-4-10/h1,3,5,7,9-10H,2,4,6,8H2/t9-,10+. The topological polar surface area (TPSA) is 34.1 Å². The second-order valence-corrected chi connectivity index (χ2v) is 4.06. The Hall–Kier alpha value is -1.18. The molecular formula is C12H14O2. The van der Waals surface area contributed by atoms with Crippen molar-refractivity contribution in [1.29, 1.82) is 0 Å². The average Bonchev–Trinajstić information content (AvgIpc) is 2.21. The van der Waals surface area contributed by atoms with Gasteiger partial charge in [-0.1, -0.05) is 12.2 Å². The van der Waals surface area contributed by atoms with E-state index in [0.717, 1.165) is 12.8 Å². The van der Waals surface area contributed by atoms with Crippen molar-refractivity contribution in [3.05, 3.63) is 24.3 Å². The number of ketones is 2. The van der Waals surface area contributed by atoms with Gasteiger partial charge in [0.2, 0.25) is 0 Å². The molecule has 0 aliphatic heterocycles. The number of hydrogen-bond donors (Lipinski definition) is 0. The maximum atomic E-state index is 11.0. The molecule has 2 rings (SSSR count). The van der Waals surface area contributed by atoms with Crippen molar-refractivity contribution in [2.75, 3.05) is 0 Å². The van der Waals surface area contributed by atoms with Gasteiger partial charge in [-0.05, 0) is 36.8 Å². The molecule has 2 heteroatoms. The Morgan fingerprint density at radius 1 is 0.857 bits per heavy atom. The van der Waals surface area contributed by atoms with E-state index in [1.165, 1.54) is 0 Å². The highest BCUT2D eigenvalue weighted by Crippen LogP contribution is 2.30. The fourth-order valence-electron chi connectivity index (χ4n) is 2.15. The summed E-state index contributed by atoms with van der Waals surface area (Å²) in [6.07, 6.45) is 10.6. The summed E-state index contributed by atoms with van der Waals surface area (Å²) >= 11 is 0. The monoisotopic (exact) mass is 190 g/mol. The Bertz CT molecular complexity index is 280. The number of rotatable bonds is 1. The van der Waals surface area contributed by atoms with Crippen molar-refractivity contribution in [3.63, 3.8) is 0 Å². The normalized spacial score (nSPS) is 32.3. The van der Waals surface area contributed by atoms with Crippen LogP contribution in [0.25, 0.3) is 0 Å². The number of allylic oxidation sites excluding steroid dienone is 4. The molecule has 0 aromatic carbocycles. The molecule has 2 atom stereocenters. The molecule has 0 spiro atoms. The molecule has 0 N–H and O–H groups in total. The zero-order valence-electron chi connectivity index (χ0n) is 8.11. The zero-order chi connectivity index (χ0) is 9.97. The molecule has 2 nitrogen and oxygen atoms in total. The number of hydrogen-bond acceptors (Lipinski definition) is 2. The highest BCUT2D eigenvalue weighted by Gasteiger charge is 2.23. The first-order valence-electron chi connectivity index (χ1n) is 5.18. The van der Waals surface area contributed by atoms with Crippen LogP contribution >= 0.6 is 0 Å². The molecule has 0 unspecified atom stereocenters. The third kappa shape index (κ3) is 2.00. The molecular weight excluding hydrogens is 176 g/mol. The number of carbonyl (C=O) groups is 2. The van der Waals surface area contributed by atoms with Crippen molar-refractivity contribution in [1.82, 2.24) is 0 Å². The second kappa shape index (κ2) is 3.91. The van der Waals surface area contributed by atoms with Gasteiger partial charge in [-0.25, -0.2) is 0 Å². The van der Waals surface area contributed by atoms with Crippen LogP contribution in [0.4, 0.5) is 0 Å². The van der Waals surface area contributed by atoms with Crippen molar-refractivity contribution < 1.29 is 9.59 Å². The van der Waals surface area contributed by atoms with Crippen LogP contribution in [0.15, 0.2) is 24.3 Å². The molecule has 2 aliphatic carbocycles. The van der Waals surface area contributed by atoms with Crippen molar-refractivity contribution in [3.8, 4) is 0 Å². The highest BCUT2D eigenvalue weighted by molar-refractivity contribution is 5.91. The van der Waals surface area contributed by atoms with Gasteiger partial charge in [0.05, 0.1) is 0 Å². The van der Waals surface area contributed by atoms with Gasteiger partial charge in [0.15, 0.2) is 11.6 Å². The van der Waals surface area contributed by atoms with E-state index in [1.54, 1.807) is 12.2 Å². The van der Waals surface area contributed by atoms with Crippen molar-refractivity contribution in [2.24, 2.45) is 11.8 Å². The van der Waals surface area contributed by atoms with Crippen molar-refractivity contribution in [2.45, 2.75) is 25.7 Å². The smallest absolute Gasteiger partial charge is 0.155 e. The lowest BCUT2D eigenvalue weighted by Gasteiger charge is -2.25. The Morgan fingerprint density at radius 2 is 1.29 bits per heavy atom. The lowest BCUT2D eigenvalue weighted by atomic mass is 9.79. The SMILES string of the molecule is O=C1C=C[C@@H]([C@H]2C=CC(=O)CC2)CC1. The van der Waals surface area contributed by atoms with Gasteiger partial charge in [0.25, 0.3) is 0 Å². The summed E-state index contributed by atoms with van der Waals surface area (Å²) in [5.41, 5.74) is 0. The van der Waals surface area contributed by atoms with Gasteiger partial charge >= 0.3 is 0 Å². The van der Waals surface area contributed by atoms with Crippen molar-refractivity contribution >= 4 is 11.6 Å². The summed E-state index contributed by atoms with van der Waals surface area (Å²) in [6.45, 7) is 0. The summed E-state index contributed by atoms with van der Waals surface area (Å²) in [7, 11) is 0. The van der Waals surface area contributed by atoms with E-state index in [-0.39, 0.29) is 11.6 Å². The fourth-order valence-corrected chi connectivity index (χ4v) is 2.15. The van der Waals surface area contributed by atoms with Crippen LogP contribution in [0.5, 0.6) is 0 Å². The first kappa shape index (κ1) is 9.38. The molecule has 0 saturated carbocycles. The molecule has 0 bridgehead atoms. The minimum atomic E-state index is 0.233. The van der Waals surface area contributed by atoms with Gasteiger partial charge in [0.1, 0.15) is 0 Å². The van der Waals surface area contributed by atoms with E-state index in [4.69, 9.17) is 0 Å². The van der Waals surface area contributed by atoms with E-state index >= 15 is 0 Å². The first-order chi connectivity index (χ1) is 6.75. The zero-order valence-corrected chi connectivity index (χ0v) is 8.11. The third-order valence-corrected chi connectivity index (χ3v) is 3.06. The largest absolute Gasteiger partial charge is 0.295 e. The van der Waals surface area contributed by atoms with E-state index < -0.39 is 0 Å². The fraction of sp³-hybridized carbons (Fsp3) is 0.500. The Kier molecular flexibility index (Phi) is 2.62. The molecule has 0 aromatic rings. The van der Waals surface area contributed by atoms with E-state index in [0.29, 0.717) is 24.7 Å². The van der Waals surface area contributed by atoms with Crippen LogP contribution in [-0.2, 0) is 9.59 Å². The molecule has 14 heavy (non-hydrogen) atoms. The molecule has 0 aromatic heterocycles.